The Morgan fingerprint density at radius 3 is 3.00 bits per heavy atom. The first-order valence-corrected chi connectivity index (χ1v) is 5.87. The summed E-state index contributed by atoms with van der Waals surface area (Å²) < 4.78 is 0. The summed E-state index contributed by atoms with van der Waals surface area (Å²) in [6.07, 6.45) is 0. The number of hydrogen-bond donors (Lipinski definition) is 1. The molecule has 0 spiro atoms. The molecule has 1 saturated heterocycles. The molecule has 0 aliphatic carbocycles. The molecule has 0 bridgehead atoms. The number of thioether (sulfide) groups is 1. The van der Waals surface area contributed by atoms with Gasteiger partial charge in [0.15, 0.2) is 0 Å². The van der Waals surface area contributed by atoms with Crippen LogP contribution in [0.1, 0.15) is 5.56 Å². The van der Waals surface area contributed by atoms with Gasteiger partial charge in [0.25, 0.3) is 0 Å². The van der Waals surface area contributed by atoms with E-state index >= 15 is 0 Å². The lowest BCUT2D eigenvalue weighted by Crippen LogP contribution is -2.39. The Morgan fingerprint density at radius 1 is 1.55 bits per heavy atom. The van der Waals surface area contributed by atoms with E-state index in [1.165, 1.54) is 17.1 Å². The molecule has 0 amide bonds. The molecule has 2 rings (SSSR count). The van der Waals surface area contributed by atoms with Crippen LogP contribution in [0.3, 0.4) is 0 Å². The summed E-state index contributed by atoms with van der Waals surface area (Å²) in [5.41, 5.74) is 1.42. The quantitative estimate of drug-likeness (QED) is 0.772. The number of hydrogen-bond acceptors (Lipinski definition) is 3. The van der Waals surface area contributed by atoms with E-state index in [1.54, 1.807) is 11.3 Å². The van der Waals surface area contributed by atoms with E-state index in [1.807, 2.05) is 11.8 Å². The molecule has 0 atom stereocenters. The third kappa shape index (κ3) is 1.98. The number of nitrogens with one attached hydrogen (secondary N) is 1. The fourth-order valence-corrected chi connectivity index (χ4v) is 2.38. The predicted molar refractivity (Wildman–Crippen MR) is 52.3 cm³/mol. The molecule has 2 heterocycles. The molecule has 1 N–H and O–H groups in total. The minimum atomic E-state index is 0.778. The third-order valence-electron chi connectivity index (χ3n) is 1.81. The molecule has 60 valence electrons. The molecule has 3 heteroatoms. The van der Waals surface area contributed by atoms with Crippen LogP contribution in [0, 0.1) is 0 Å². The first kappa shape index (κ1) is 7.65. The van der Waals surface area contributed by atoms with E-state index in [0.717, 1.165) is 12.6 Å². The summed E-state index contributed by atoms with van der Waals surface area (Å²) >= 11 is 3.79. The Bertz CT molecular complexity index is 204. The minimum Gasteiger partial charge on any atom is -0.308 e. The van der Waals surface area contributed by atoms with Gasteiger partial charge in [-0.05, 0) is 22.4 Å². The maximum atomic E-state index is 3.51. The zero-order chi connectivity index (χ0) is 7.52. The smallest absolute Gasteiger partial charge is 0.0252 e. The van der Waals surface area contributed by atoms with Gasteiger partial charge < -0.3 is 5.32 Å². The summed E-state index contributed by atoms with van der Waals surface area (Å²) in [6, 6.07) is 2.96. The molecule has 1 aromatic heterocycles. The zero-order valence-corrected chi connectivity index (χ0v) is 7.88. The average molecular weight is 185 g/mol. The van der Waals surface area contributed by atoms with Gasteiger partial charge in [-0.3, -0.25) is 0 Å². The van der Waals surface area contributed by atoms with Crippen LogP contribution < -0.4 is 5.32 Å². The maximum absolute atomic E-state index is 3.51. The van der Waals surface area contributed by atoms with Crippen LogP contribution in [0.5, 0.6) is 0 Å². The lowest BCUT2D eigenvalue weighted by Gasteiger charge is -2.25. The molecular formula is C8H11NS2. The zero-order valence-electron chi connectivity index (χ0n) is 6.25. The molecule has 1 fully saturated rings. The Balaban J connectivity index is 1.74. The average Bonchev–Trinajstić information content (AvgIpc) is 2.36. The van der Waals surface area contributed by atoms with Gasteiger partial charge in [0.05, 0.1) is 0 Å². The molecule has 0 aromatic carbocycles. The maximum Gasteiger partial charge on any atom is 0.0252 e. The van der Waals surface area contributed by atoms with Crippen LogP contribution in [0.15, 0.2) is 16.8 Å². The standard InChI is InChI=1S/C8H11NS2/c1-2-10-4-7(1)3-9-8-5-11-6-8/h1-2,4,8-9H,3,5-6H2. The molecule has 0 unspecified atom stereocenters. The predicted octanol–water partition coefficient (Wildman–Crippen LogP) is 1.95. The molecule has 1 aliphatic rings. The monoisotopic (exact) mass is 185 g/mol. The summed E-state index contributed by atoms with van der Waals surface area (Å²) in [7, 11) is 0. The lowest BCUT2D eigenvalue weighted by molar-refractivity contribution is 0.584. The van der Waals surface area contributed by atoms with E-state index in [2.05, 4.69) is 22.1 Å². The molecule has 0 saturated carbocycles. The summed E-state index contributed by atoms with van der Waals surface area (Å²) in [5.74, 6) is 2.59. The second-order valence-corrected chi connectivity index (χ2v) is 4.60. The Hall–Kier alpha value is 0.01000. The van der Waals surface area contributed by atoms with Crippen molar-refractivity contribution in [1.29, 1.82) is 0 Å². The number of rotatable bonds is 3. The van der Waals surface area contributed by atoms with Crippen LogP contribution in [0.4, 0.5) is 0 Å². The highest BCUT2D eigenvalue weighted by atomic mass is 32.2. The van der Waals surface area contributed by atoms with Gasteiger partial charge in [0.1, 0.15) is 0 Å². The van der Waals surface area contributed by atoms with Gasteiger partial charge in [-0.2, -0.15) is 23.1 Å². The minimum absolute atomic E-state index is 0.778. The van der Waals surface area contributed by atoms with Gasteiger partial charge in [0, 0.05) is 24.1 Å². The largest absolute Gasteiger partial charge is 0.308 e. The van der Waals surface area contributed by atoms with Gasteiger partial charge in [0.2, 0.25) is 0 Å². The molecule has 1 aromatic rings. The lowest BCUT2D eigenvalue weighted by atomic mass is 10.3. The van der Waals surface area contributed by atoms with Crippen molar-refractivity contribution in [2.75, 3.05) is 11.5 Å². The van der Waals surface area contributed by atoms with E-state index in [-0.39, 0.29) is 0 Å². The summed E-state index contributed by atoms with van der Waals surface area (Å²) in [6.45, 7) is 1.05. The highest BCUT2D eigenvalue weighted by Gasteiger charge is 2.16. The van der Waals surface area contributed by atoms with Crippen molar-refractivity contribution in [3.8, 4) is 0 Å². The highest BCUT2D eigenvalue weighted by Crippen LogP contribution is 2.17. The normalized spacial score (nSPS) is 18.2. The molecule has 0 radical (unpaired) electrons. The van der Waals surface area contributed by atoms with Crippen molar-refractivity contribution in [2.24, 2.45) is 0 Å². The second-order valence-electron chi connectivity index (χ2n) is 2.75. The van der Waals surface area contributed by atoms with Crippen molar-refractivity contribution < 1.29 is 0 Å². The van der Waals surface area contributed by atoms with Crippen molar-refractivity contribution in [1.82, 2.24) is 5.32 Å². The van der Waals surface area contributed by atoms with Gasteiger partial charge in [-0.1, -0.05) is 0 Å². The Labute approximate surface area is 75.2 Å². The van der Waals surface area contributed by atoms with Gasteiger partial charge in [-0.15, -0.1) is 0 Å². The van der Waals surface area contributed by atoms with Crippen molar-refractivity contribution >= 4 is 23.1 Å². The molecule has 1 nitrogen and oxygen atoms in total. The summed E-state index contributed by atoms with van der Waals surface area (Å²) in [4.78, 5) is 0. The Kier molecular flexibility index (Phi) is 2.51. The number of thiophene rings is 1. The third-order valence-corrected chi connectivity index (χ3v) is 3.82. The van der Waals surface area contributed by atoms with E-state index in [4.69, 9.17) is 0 Å². The fraction of sp³-hybridized carbons (Fsp3) is 0.500. The highest BCUT2D eigenvalue weighted by molar-refractivity contribution is 8.00. The first-order chi connectivity index (χ1) is 5.45. The van der Waals surface area contributed by atoms with Crippen molar-refractivity contribution in [3.63, 3.8) is 0 Å². The topological polar surface area (TPSA) is 12.0 Å². The molecule has 11 heavy (non-hydrogen) atoms. The molecular weight excluding hydrogens is 174 g/mol. The Morgan fingerprint density at radius 2 is 2.45 bits per heavy atom. The van der Waals surface area contributed by atoms with E-state index in [0.29, 0.717) is 0 Å². The summed E-state index contributed by atoms with van der Waals surface area (Å²) in [5, 5.41) is 7.85. The van der Waals surface area contributed by atoms with Crippen LogP contribution in [0.25, 0.3) is 0 Å². The first-order valence-electron chi connectivity index (χ1n) is 3.77. The second kappa shape index (κ2) is 3.61. The van der Waals surface area contributed by atoms with Crippen LogP contribution in [-0.4, -0.2) is 17.5 Å². The van der Waals surface area contributed by atoms with Gasteiger partial charge in [-0.25, -0.2) is 0 Å². The fourth-order valence-electron chi connectivity index (χ4n) is 1.01. The van der Waals surface area contributed by atoms with Crippen LogP contribution in [0.2, 0.25) is 0 Å². The van der Waals surface area contributed by atoms with Crippen LogP contribution in [-0.2, 0) is 6.54 Å². The SMILES string of the molecule is c1cc(CNC2CSC2)cs1. The van der Waals surface area contributed by atoms with Gasteiger partial charge >= 0.3 is 0 Å². The van der Waals surface area contributed by atoms with Crippen molar-refractivity contribution in [3.05, 3.63) is 22.4 Å². The van der Waals surface area contributed by atoms with E-state index < -0.39 is 0 Å². The van der Waals surface area contributed by atoms with E-state index in [9.17, 15) is 0 Å². The van der Waals surface area contributed by atoms with Crippen molar-refractivity contribution in [2.45, 2.75) is 12.6 Å². The molecule has 1 aliphatic heterocycles. The van der Waals surface area contributed by atoms with Crippen LogP contribution >= 0.6 is 23.1 Å².